The molecule has 0 heterocycles. The second-order valence-electron chi connectivity index (χ2n) is 2.07. The minimum Gasteiger partial charge on any atom is -0.0724 e. The molecule has 1 atom stereocenters. The molecule has 0 spiro atoms. The molecule has 1 fully saturated rings. The molecule has 1 rings (SSSR count). The van der Waals surface area contributed by atoms with Crippen LogP contribution in [0.5, 0.6) is 0 Å². The Kier molecular flexibility index (Phi) is 1.50. The molecular formula is C5H8Br2. The molecule has 1 aliphatic rings. The molecule has 1 unspecified atom stereocenters. The number of hydrogen-bond donors (Lipinski definition) is 0. The van der Waals surface area contributed by atoms with E-state index in [9.17, 15) is 0 Å². The van der Waals surface area contributed by atoms with E-state index in [0.29, 0.717) is 3.23 Å². The molecule has 1 saturated carbocycles. The topological polar surface area (TPSA) is 0 Å². The van der Waals surface area contributed by atoms with Crippen molar-refractivity contribution in [1.82, 2.24) is 0 Å². The van der Waals surface area contributed by atoms with E-state index in [1.165, 1.54) is 12.8 Å². The van der Waals surface area contributed by atoms with E-state index in [-0.39, 0.29) is 0 Å². The third-order valence-corrected chi connectivity index (χ3v) is 3.39. The maximum absolute atomic E-state index is 3.53. The highest BCUT2D eigenvalue weighted by Gasteiger charge is 2.48. The molecule has 0 aromatic heterocycles. The summed E-state index contributed by atoms with van der Waals surface area (Å²) < 4.78 is 0.342. The predicted octanol–water partition coefficient (Wildman–Crippen LogP) is 2.90. The summed E-state index contributed by atoms with van der Waals surface area (Å²) in [5.74, 6) is 0.882. The molecule has 1 aliphatic carbocycles. The molecule has 0 aromatic rings. The van der Waals surface area contributed by atoms with Gasteiger partial charge in [-0.3, -0.25) is 0 Å². The van der Waals surface area contributed by atoms with Gasteiger partial charge in [0.25, 0.3) is 0 Å². The Morgan fingerprint density at radius 1 is 1.71 bits per heavy atom. The molecule has 0 aliphatic heterocycles. The number of halogens is 2. The number of rotatable bonds is 1. The summed E-state index contributed by atoms with van der Waals surface area (Å²) in [5, 5.41) is 0. The van der Waals surface area contributed by atoms with E-state index in [1.807, 2.05) is 0 Å². The van der Waals surface area contributed by atoms with E-state index in [2.05, 4.69) is 38.8 Å². The predicted molar refractivity (Wildman–Crippen MR) is 39.0 cm³/mol. The standard InChI is InChI=1S/C5H8Br2/c1-2-4-3-5(4,6)7/h4H,2-3H2,1H3. The molecule has 7 heavy (non-hydrogen) atoms. The Balaban J connectivity index is 2.30. The van der Waals surface area contributed by atoms with Gasteiger partial charge in [-0.25, -0.2) is 0 Å². The first-order valence-corrected chi connectivity index (χ1v) is 4.13. The fourth-order valence-electron chi connectivity index (χ4n) is 0.713. The van der Waals surface area contributed by atoms with Gasteiger partial charge in [-0.15, -0.1) is 0 Å². The molecule has 0 N–H and O–H groups in total. The average Bonchev–Trinajstić information content (AvgIpc) is 2.13. The van der Waals surface area contributed by atoms with Crippen LogP contribution in [0.2, 0.25) is 0 Å². The molecule has 0 radical (unpaired) electrons. The Morgan fingerprint density at radius 3 is 2.14 bits per heavy atom. The zero-order valence-electron chi connectivity index (χ0n) is 4.25. The lowest BCUT2D eigenvalue weighted by Crippen LogP contribution is -1.83. The van der Waals surface area contributed by atoms with Gasteiger partial charge in [-0.2, -0.15) is 0 Å². The van der Waals surface area contributed by atoms with Gasteiger partial charge in [0.05, 0.1) is 3.23 Å². The Morgan fingerprint density at radius 2 is 2.14 bits per heavy atom. The largest absolute Gasteiger partial charge is 0.0837 e. The maximum atomic E-state index is 3.53. The molecule has 0 nitrogen and oxygen atoms in total. The van der Waals surface area contributed by atoms with Crippen LogP contribution >= 0.6 is 31.9 Å². The van der Waals surface area contributed by atoms with E-state index in [0.717, 1.165) is 5.92 Å². The molecule has 0 amide bonds. The van der Waals surface area contributed by atoms with Gasteiger partial charge in [0.1, 0.15) is 0 Å². The van der Waals surface area contributed by atoms with Crippen LogP contribution in [0.3, 0.4) is 0 Å². The van der Waals surface area contributed by atoms with Gasteiger partial charge >= 0.3 is 0 Å². The van der Waals surface area contributed by atoms with E-state index in [1.54, 1.807) is 0 Å². The van der Waals surface area contributed by atoms with Gasteiger partial charge in [-0.1, -0.05) is 45.2 Å². The van der Waals surface area contributed by atoms with Crippen molar-refractivity contribution in [2.24, 2.45) is 5.92 Å². The van der Waals surface area contributed by atoms with E-state index >= 15 is 0 Å². The lowest BCUT2D eigenvalue weighted by atomic mass is 10.3. The van der Waals surface area contributed by atoms with Crippen molar-refractivity contribution in [3.8, 4) is 0 Å². The zero-order chi connectivity index (χ0) is 5.49. The van der Waals surface area contributed by atoms with Crippen molar-refractivity contribution in [2.75, 3.05) is 0 Å². The van der Waals surface area contributed by atoms with Gasteiger partial charge < -0.3 is 0 Å². The van der Waals surface area contributed by atoms with Crippen LogP contribution in [0.4, 0.5) is 0 Å². The summed E-state index contributed by atoms with van der Waals surface area (Å²) in [6.45, 7) is 2.22. The third-order valence-electron chi connectivity index (χ3n) is 1.45. The SMILES string of the molecule is CCC1CC1(Br)Br. The first-order chi connectivity index (χ1) is 3.17. The summed E-state index contributed by atoms with van der Waals surface area (Å²) in [6.07, 6.45) is 2.58. The normalized spacial score (nSPS) is 35.6. The van der Waals surface area contributed by atoms with Crippen LogP contribution < -0.4 is 0 Å². The van der Waals surface area contributed by atoms with Crippen LogP contribution in [0, 0.1) is 5.92 Å². The second-order valence-corrected chi connectivity index (χ2v) is 5.96. The smallest absolute Gasteiger partial charge is 0.0724 e. The molecule has 2 heteroatoms. The van der Waals surface area contributed by atoms with Crippen molar-refractivity contribution >= 4 is 31.9 Å². The average molecular weight is 228 g/mol. The van der Waals surface area contributed by atoms with E-state index in [4.69, 9.17) is 0 Å². The van der Waals surface area contributed by atoms with Gasteiger partial charge in [0, 0.05) is 0 Å². The first-order valence-electron chi connectivity index (χ1n) is 2.54. The zero-order valence-corrected chi connectivity index (χ0v) is 7.42. The van der Waals surface area contributed by atoms with Crippen LogP contribution in [0.25, 0.3) is 0 Å². The minimum absolute atomic E-state index is 0.342. The summed E-state index contributed by atoms with van der Waals surface area (Å²) in [6, 6.07) is 0. The van der Waals surface area contributed by atoms with Crippen molar-refractivity contribution in [2.45, 2.75) is 23.0 Å². The monoisotopic (exact) mass is 226 g/mol. The molecule has 42 valence electrons. The van der Waals surface area contributed by atoms with Gasteiger partial charge in [-0.05, 0) is 12.3 Å². The quantitative estimate of drug-likeness (QED) is 0.605. The second kappa shape index (κ2) is 1.73. The maximum Gasteiger partial charge on any atom is 0.0837 e. The lowest BCUT2D eigenvalue weighted by Gasteiger charge is -1.90. The van der Waals surface area contributed by atoms with Crippen LogP contribution in [-0.4, -0.2) is 3.23 Å². The first kappa shape index (κ1) is 6.09. The highest BCUT2D eigenvalue weighted by molar-refractivity contribution is 9.25. The molecule has 0 aromatic carbocycles. The summed E-state index contributed by atoms with van der Waals surface area (Å²) >= 11 is 7.06. The molecule has 0 bridgehead atoms. The lowest BCUT2D eigenvalue weighted by molar-refractivity contribution is 0.798. The Hall–Kier alpha value is 0.960. The van der Waals surface area contributed by atoms with Crippen molar-refractivity contribution < 1.29 is 0 Å². The summed E-state index contributed by atoms with van der Waals surface area (Å²) in [5.41, 5.74) is 0. The van der Waals surface area contributed by atoms with Crippen molar-refractivity contribution in [3.05, 3.63) is 0 Å². The summed E-state index contributed by atoms with van der Waals surface area (Å²) in [4.78, 5) is 0. The van der Waals surface area contributed by atoms with Crippen LogP contribution in [0.15, 0.2) is 0 Å². The highest BCUT2D eigenvalue weighted by atomic mass is 79.9. The van der Waals surface area contributed by atoms with Crippen molar-refractivity contribution in [3.63, 3.8) is 0 Å². The molecular weight excluding hydrogens is 220 g/mol. The molecule has 0 saturated heterocycles. The summed E-state index contributed by atoms with van der Waals surface area (Å²) in [7, 11) is 0. The number of alkyl halides is 2. The van der Waals surface area contributed by atoms with Crippen LogP contribution in [0.1, 0.15) is 19.8 Å². The van der Waals surface area contributed by atoms with E-state index < -0.39 is 0 Å². The highest BCUT2D eigenvalue weighted by Crippen LogP contribution is 2.57. The Labute approximate surface area is 60.9 Å². The third kappa shape index (κ3) is 1.20. The fourth-order valence-corrected chi connectivity index (χ4v) is 2.14. The van der Waals surface area contributed by atoms with Crippen LogP contribution in [-0.2, 0) is 0 Å². The van der Waals surface area contributed by atoms with Gasteiger partial charge in [0.15, 0.2) is 0 Å². The number of hydrogen-bond acceptors (Lipinski definition) is 0. The minimum atomic E-state index is 0.342. The van der Waals surface area contributed by atoms with Gasteiger partial charge in [0.2, 0.25) is 0 Å². The Bertz CT molecular complexity index is 78.1. The van der Waals surface area contributed by atoms with Crippen molar-refractivity contribution in [1.29, 1.82) is 0 Å². The fraction of sp³-hybridized carbons (Fsp3) is 1.00.